The average molecular weight is 221 g/mol. The number of hydrogen-bond donors (Lipinski definition) is 2. The van der Waals surface area contributed by atoms with Gasteiger partial charge in [-0.2, -0.15) is 0 Å². The SMILES string of the molecule is Cc1cc(N)cnc1N1CCC(CO)CC1. The van der Waals surface area contributed by atoms with E-state index in [0.29, 0.717) is 18.2 Å². The normalized spacial score (nSPS) is 17.8. The minimum Gasteiger partial charge on any atom is -0.397 e. The van der Waals surface area contributed by atoms with Gasteiger partial charge < -0.3 is 15.7 Å². The van der Waals surface area contributed by atoms with Gasteiger partial charge in [-0.05, 0) is 37.3 Å². The number of nitrogens with zero attached hydrogens (tertiary/aromatic N) is 2. The summed E-state index contributed by atoms with van der Waals surface area (Å²) in [6, 6.07) is 1.96. The van der Waals surface area contributed by atoms with Crippen molar-refractivity contribution in [1.29, 1.82) is 0 Å². The number of aryl methyl sites for hydroxylation is 1. The van der Waals surface area contributed by atoms with Gasteiger partial charge in [0.15, 0.2) is 0 Å². The van der Waals surface area contributed by atoms with Crippen LogP contribution in [0.2, 0.25) is 0 Å². The second-order valence-electron chi connectivity index (χ2n) is 4.52. The molecule has 0 aliphatic carbocycles. The van der Waals surface area contributed by atoms with Crippen molar-refractivity contribution in [3.63, 3.8) is 0 Å². The van der Waals surface area contributed by atoms with E-state index in [1.165, 1.54) is 0 Å². The number of hydrogen-bond acceptors (Lipinski definition) is 4. The molecule has 0 unspecified atom stereocenters. The molecule has 3 N–H and O–H groups in total. The molecule has 0 atom stereocenters. The first kappa shape index (κ1) is 11.2. The molecule has 0 radical (unpaired) electrons. The Morgan fingerprint density at radius 2 is 2.19 bits per heavy atom. The second kappa shape index (κ2) is 4.70. The van der Waals surface area contributed by atoms with E-state index in [1.807, 2.05) is 13.0 Å². The number of nitrogen functional groups attached to an aromatic ring is 1. The van der Waals surface area contributed by atoms with Crippen LogP contribution in [0.4, 0.5) is 11.5 Å². The molecule has 1 saturated heterocycles. The Balaban J connectivity index is 2.08. The highest BCUT2D eigenvalue weighted by Crippen LogP contribution is 2.24. The summed E-state index contributed by atoms with van der Waals surface area (Å²) in [6.07, 6.45) is 3.80. The van der Waals surface area contributed by atoms with Crippen molar-refractivity contribution < 1.29 is 5.11 Å². The maximum absolute atomic E-state index is 9.09. The predicted molar refractivity (Wildman–Crippen MR) is 65.4 cm³/mol. The van der Waals surface area contributed by atoms with E-state index in [1.54, 1.807) is 6.20 Å². The molecule has 2 heterocycles. The van der Waals surface area contributed by atoms with Gasteiger partial charge in [-0.15, -0.1) is 0 Å². The van der Waals surface area contributed by atoms with Crippen molar-refractivity contribution in [3.8, 4) is 0 Å². The van der Waals surface area contributed by atoms with Gasteiger partial charge in [0.1, 0.15) is 5.82 Å². The Bertz CT molecular complexity index is 359. The largest absolute Gasteiger partial charge is 0.397 e. The van der Waals surface area contributed by atoms with Crippen LogP contribution in [-0.4, -0.2) is 29.8 Å². The number of pyridine rings is 1. The van der Waals surface area contributed by atoms with Crippen LogP contribution in [0, 0.1) is 12.8 Å². The van der Waals surface area contributed by atoms with Crippen molar-refractivity contribution in [1.82, 2.24) is 4.98 Å². The van der Waals surface area contributed by atoms with Crippen LogP contribution in [-0.2, 0) is 0 Å². The quantitative estimate of drug-likeness (QED) is 0.787. The molecule has 1 aliphatic rings. The summed E-state index contributed by atoms with van der Waals surface area (Å²) < 4.78 is 0. The Morgan fingerprint density at radius 3 is 2.75 bits per heavy atom. The average Bonchev–Trinajstić information content (AvgIpc) is 2.29. The molecule has 0 spiro atoms. The van der Waals surface area contributed by atoms with Crippen molar-refractivity contribution in [3.05, 3.63) is 17.8 Å². The van der Waals surface area contributed by atoms with Crippen LogP contribution in [0.1, 0.15) is 18.4 Å². The van der Waals surface area contributed by atoms with Crippen LogP contribution in [0.3, 0.4) is 0 Å². The molecule has 1 aromatic heterocycles. The van der Waals surface area contributed by atoms with Gasteiger partial charge in [-0.25, -0.2) is 4.98 Å². The lowest BCUT2D eigenvalue weighted by atomic mass is 9.97. The Kier molecular flexibility index (Phi) is 3.29. The molecule has 0 bridgehead atoms. The first-order valence-electron chi connectivity index (χ1n) is 5.78. The van der Waals surface area contributed by atoms with Gasteiger partial charge in [0.2, 0.25) is 0 Å². The molecule has 0 amide bonds. The fourth-order valence-corrected chi connectivity index (χ4v) is 2.25. The van der Waals surface area contributed by atoms with E-state index < -0.39 is 0 Å². The first-order valence-corrected chi connectivity index (χ1v) is 5.78. The van der Waals surface area contributed by atoms with Crippen molar-refractivity contribution in [2.45, 2.75) is 19.8 Å². The molecule has 1 fully saturated rings. The molecule has 4 heteroatoms. The lowest BCUT2D eigenvalue weighted by Crippen LogP contribution is -2.35. The number of rotatable bonds is 2. The van der Waals surface area contributed by atoms with Crippen LogP contribution >= 0.6 is 0 Å². The summed E-state index contributed by atoms with van der Waals surface area (Å²) in [5.41, 5.74) is 7.53. The molecule has 1 aromatic rings. The smallest absolute Gasteiger partial charge is 0.131 e. The predicted octanol–water partition coefficient (Wildman–Crippen LogP) is 1.18. The summed E-state index contributed by atoms with van der Waals surface area (Å²) >= 11 is 0. The van der Waals surface area contributed by atoms with E-state index in [0.717, 1.165) is 37.3 Å². The van der Waals surface area contributed by atoms with Crippen LogP contribution in [0.5, 0.6) is 0 Å². The van der Waals surface area contributed by atoms with E-state index in [9.17, 15) is 0 Å². The highest BCUT2D eigenvalue weighted by molar-refractivity contribution is 5.52. The van der Waals surface area contributed by atoms with E-state index in [4.69, 9.17) is 10.8 Å². The summed E-state index contributed by atoms with van der Waals surface area (Å²) in [5.74, 6) is 1.50. The van der Waals surface area contributed by atoms with Crippen molar-refractivity contribution in [2.75, 3.05) is 30.3 Å². The second-order valence-corrected chi connectivity index (χ2v) is 4.52. The molecular weight excluding hydrogens is 202 g/mol. The lowest BCUT2D eigenvalue weighted by molar-refractivity contribution is 0.202. The Labute approximate surface area is 96.1 Å². The zero-order chi connectivity index (χ0) is 11.5. The van der Waals surface area contributed by atoms with Crippen LogP contribution < -0.4 is 10.6 Å². The highest BCUT2D eigenvalue weighted by Gasteiger charge is 2.20. The molecule has 0 saturated carbocycles. The van der Waals surface area contributed by atoms with Crippen LogP contribution in [0.15, 0.2) is 12.3 Å². The third kappa shape index (κ3) is 2.27. The summed E-state index contributed by atoms with van der Waals surface area (Å²) in [5, 5.41) is 9.09. The van der Waals surface area contributed by atoms with Gasteiger partial charge in [0.05, 0.1) is 11.9 Å². The minimum absolute atomic E-state index is 0.308. The Morgan fingerprint density at radius 1 is 1.50 bits per heavy atom. The van der Waals surface area contributed by atoms with E-state index in [2.05, 4.69) is 9.88 Å². The third-order valence-corrected chi connectivity index (χ3v) is 3.24. The highest BCUT2D eigenvalue weighted by atomic mass is 16.3. The van der Waals surface area contributed by atoms with E-state index >= 15 is 0 Å². The molecule has 0 aromatic carbocycles. The zero-order valence-electron chi connectivity index (χ0n) is 9.69. The molecule has 2 rings (SSSR count). The summed E-state index contributed by atoms with van der Waals surface area (Å²) in [4.78, 5) is 6.67. The summed E-state index contributed by atoms with van der Waals surface area (Å²) in [6.45, 7) is 4.30. The fourth-order valence-electron chi connectivity index (χ4n) is 2.25. The number of aliphatic hydroxyl groups excluding tert-OH is 1. The number of nitrogens with two attached hydrogens (primary N) is 1. The van der Waals surface area contributed by atoms with Crippen molar-refractivity contribution in [2.24, 2.45) is 5.92 Å². The van der Waals surface area contributed by atoms with Gasteiger partial charge >= 0.3 is 0 Å². The maximum Gasteiger partial charge on any atom is 0.131 e. The maximum atomic E-state index is 9.09. The number of aromatic nitrogens is 1. The third-order valence-electron chi connectivity index (χ3n) is 3.24. The van der Waals surface area contributed by atoms with Crippen molar-refractivity contribution >= 4 is 11.5 Å². The molecule has 1 aliphatic heterocycles. The lowest BCUT2D eigenvalue weighted by Gasteiger charge is -2.32. The standard InChI is InChI=1S/C12H19N3O/c1-9-6-11(13)7-14-12(9)15-4-2-10(8-16)3-5-15/h6-7,10,16H,2-5,8,13H2,1H3. The molecule has 16 heavy (non-hydrogen) atoms. The molecular formula is C12H19N3O. The van der Waals surface area contributed by atoms with Crippen LogP contribution in [0.25, 0.3) is 0 Å². The molecule has 4 nitrogen and oxygen atoms in total. The minimum atomic E-state index is 0.308. The Hall–Kier alpha value is -1.29. The molecule has 88 valence electrons. The van der Waals surface area contributed by atoms with Gasteiger partial charge in [-0.1, -0.05) is 0 Å². The zero-order valence-corrected chi connectivity index (χ0v) is 9.69. The van der Waals surface area contributed by atoms with E-state index in [-0.39, 0.29) is 0 Å². The fraction of sp³-hybridized carbons (Fsp3) is 0.583. The first-order chi connectivity index (χ1) is 7.70. The summed E-state index contributed by atoms with van der Waals surface area (Å²) in [7, 11) is 0. The van der Waals surface area contributed by atoms with Gasteiger partial charge in [0.25, 0.3) is 0 Å². The van der Waals surface area contributed by atoms with Gasteiger partial charge in [-0.3, -0.25) is 0 Å². The number of aliphatic hydroxyl groups is 1. The monoisotopic (exact) mass is 221 g/mol. The number of anilines is 2. The number of piperidine rings is 1. The van der Waals surface area contributed by atoms with Gasteiger partial charge in [0, 0.05) is 19.7 Å². The topological polar surface area (TPSA) is 62.4 Å².